The summed E-state index contributed by atoms with van der Waals surface area (Å²) in [4.78, 5) is 8.78. The van der Waals surface area contributed by atoms with Crippen LogP contribution in [-0.4, -0.2) is 35.5 Å². The minimum Gasteiger partial charge on any atom is -0.382 e. The van der Waals surface area contributed by atoms with E-state index in [2.05, 4.69) is 25.2 Å². The number of aromatic nitrogens is 2. The van der Waals surface area contributed by atoms with Crippen molar-refractivity contribution in [3.05, 3.63) is 30.0 Å². The van der Waals surface area contributed by atoms with Crippen LogP contribution in [0, 0.1) is 11.3 Å². The molecule has 0 aliphatic carbocycles. The van der Waals surface area contributed by atoms with E-state index < -0.39 is 0 Å². The van der Waals surface area contributed by atoms with Crippen LogP contribution >= 0.6 is 11.5 Å². The van der Waals surface area contributed by atoms with Gasteiger partial charge in [0.1, 0.15) is 22.5 Å². The largest absolute Gasteiger partial charge is 0.382 e. The van der Waals surface area contributed by atoms with E-state index in [0.29, 0.717) is 11.4 Å². The predicted octanol–water partition coefficient (Wildman–Crippen LogP) is 1.32. The van der Waals surface area contributed by atoms with Gasteiger partial charge in [-0.3, -0.25) is 0 Å². The first-order valence-electron chi connectivity index (χ1n) is 6.36. The summed E-state index contributed by atoms with van der Waals surface area (Å²) in [5.41, 5.74) is 6.21. The van der Waals surface area contributed by atoms with Crippen LogP contribution in [0.4, 0.5) is 16.6 Å². The first-order valence-corrected chi connectivity index (χ1v) is 7.13. The molecule has 1 aliphatic rings. The lowest BCUT2D eigenvalue weighted by Crippen LogP contribution is -2.46. The number of piperazine rings is 1. The number of hydrogen-bond acceptors (Lipinski definition) is 7. The topological polar surface area (TPSA) is 82.1 Å². The van der Waals surface area contributed by atoms with Gasteiger partial charge in [0.15, 0.2) is 5.82 Å². The molecule has 6 nitrogen and oxygen atoms in total. The third-order valence-electron chi connectivity index (χ3n) is 3.35. The van der Waals surface area contributed by atoms with Crippen molar-refractivity contribution in [2.45, 2.75) is 0 Å². The normalized spacial score (nSPS) is 15.2. The Labute approximate surface area is 121 Å². The maximum Gasteiger partial charge on any atom is 0.157 e. The van der Waals surface area contributed by atoms with E-state index in [1.807, 2.05) is 18.2 Å². The van der Waals surface area contributed by atoms with Crippen molar-refractivity contribution < 1.29 is 0 Å². The lowest BCUT2D eigenvalue weighted by Gasteiger charge is -2.35. The maximum absolute atomic E-state index is 9.14. The summed E-state index contributed by atoms with van der Waals surface area (Å²) in [6.45, 7) is 3.43. The zero-order valence-corrected chi connectivity index (χ0v) is 11.7. The van der Waals surface area contributed by atoms with E-state index in [1.165, 1.54) is 11.5 Å². The molecule has 2 aromatic heterocycles. The molecule has 3 rings (SSSR count). The molecule has 1 fully saturated rings. The van der Waals surface area contributed by atoms with E-state index >= 15 is 0 Å². The Morgan fingerprint density at radius 1 is 1.20 bits per heavy atom. The zero-order chi connectivity index (χ0) is 13.9. The number of nitrogens with zero attached hydrogens (tertiary/aromatic N) is 5. The van der Waals surface area contributed by atoms with Crippen LogP contribution < -0.4 is 15.5 Å². The van der Waals surface area contributed by atoms with Crippen molar-refractivity contribution >= 4 is 28.2 Å². The summed E-state index contributed by atoms with van der Waals surface area (Å²) in [5.74, 6) is 1.33. The molecule has 2 N–H and O–H groups in total. The SMILES string of the molecule is N#Cc1c(N)nsc1N1CCN(c2ccccn2)CC1. The Morgan fingerprint density at radius 3 is 2.60 bits per heavy atom. The molecule has 1 aliphatic heterocycles. The summed E-state index contributed by atoms with van der Waals surface area (Å²) < 4.78 is 4.07. The van der Waals surface area contributed by atoms with Crippen LogP contribution in [0.3, 0.4) is 0 Å². The van der Waals surface area contributed by atoms with E-state index in [4.69, 9.17) is 11.0 Å². The number of rotatable bonds is 2. The fourth-order valence-electron chi connectivity index (χ4n) is 2.29. The second-order valence-corrected chi connectivity index (χ2v) is 5.27. The van der Waals surface area contributed by atoms with Crippen molar-refractivity contribution in [2.24, 2.45) is 0 Å². The van der Waals surface area contributed by atoms with E-state index in [9.17, 15) is 0 Å². The molecule has 0 radical (unpaired) electrons. The van der Waals surface area contributed by atoms with Gasteiger partial charge in [-0.2, -0.15) is 9.64 Å². The van der Waals surface area contributed by atoms with Crippen LogP contribution in [0.1, 0.15) is 5.56 Å². The van der Waals surface area contributed by atoms with Crippen molar-refractivity contribution in [1.29, 1.82) is 5.26 Å². The summed E-state index contributed by atoms with van der Waals surface area (Å²) >= 11 is 1.30. The number of hydrogen-bond donors (Lipinski definition) is 1. The first kappa shape index (κ1) is 12.7. The highest BCUT2D eigenvalue weighted by atomic mass is 32.1. The predicted molar refractivity (Wildman–Crippen MR) is 79.9 cm³/mol. The van der Waals surface area contributed by atoms with Gasteiger partial charge >= 0.3 is 0 Å². The van der Waals surface area contributed by atoms with Crippen LogP contribution in [0.5, 0.6) is 0 Å². The third-order valence-corrected chi connectivity index (χ3v) is 4.28. The van der Waals surface area contributed by atoms with Crippen LogP contribution in [0.25, 0.3) is 0 Å². The molecule has 0 unspecified atom stereocenters. The Kier molecular flexibility index (Phi) is 3.39. The highest BCUT2D eigenvalue weighted by Crippen LogP contribution is 2.30. The van der Waals surface area contributed by atoms with Crippen molar-refractivity contribution in [2.75, 3.05) is 41.7 Å². The van der Waals surface area contributed by atoms with Crippen LogP contribution in [-0.2, 0) is 0 Å². The van der Waals surface area contributed by atoms with Crippen molar-refractivity contribution in [1.82, 2.24) is 9.36 Å². The maximum atomic E-state index is 9.14. The smallest absolute Gasteiger partial charge is 0.157 e. The lowest BCUT2D eigenvalue weighted by molar-refractivity contribution is 0.650. The molecule has 102 valence electrons. The van der Waals surface area contributed by atoms with Gasteiger partial charge in [-0.15, -0.1) is 0 Å². The fourth-order valence-corrected chi connectivity index (χ4v) is 3.11. The molecule has 2 aromatic rings. The van der Waals surface area contributed by atoms with Gasteiger partial charge in [0.2, 0.25) is 0 Å². The monoisotopic (exact) mass is 286 g/mol. The van der Waals surface area contributed by atoms with Crippen molar-refractivity contribution in [3.8, 4) is 6.07 Å². The highest BCUT2D eigenvalue weighted by molar-refractivity contribution is 7.10. The highest BCUT2D eigenvalue weighted by Gasteiger charge is 2.23. The van der Waals surface area contributed by atoms with Crippen LogP contribution in [0.2, 0.25) is 0 Å². The molecule has 3 heterocycles. The van der Waals surface area contributed by atoms with Gasteiger partial charge in [0.25, 0.3) is 0 Å². The van der Waals surface area contributed by atoms with Gasteiger partial charge in [0, 0.05) is 32.4 Å². The minimum atomic E-state index is 0.333. The average Bonchev–Trinajstić information content (AvgIpc) is 2.89. The van der Waals surface area contributed by atoms with Gasteiger partial charge in [-0.25, -0.2) is 4.98 Å². The molecular formula is C13H14N6S. The molecular weight excluding hydrogens is 272 g/mol. The number of anilines is 3. The van der Waals surface area contributed by atoms with Gasteiger partial charge in [-0.1, -0.05) is 6.07 Å². The number of nitrogens with two attached hydrogens (primary N) is 1. The Bertz CT molecular complexity index is 624. The Morgan fingerprint density at radius 2 is 1.95 bits per heavy atom. The summed E-state index contributed by atoms with van der Waals surface area (Å²) in [6, 6.07) is 8.06. The molecule has 0 bridgehead atoms. The molecule has 0 atom stereocenters. The summed E-state index contributed by atoms with van der Waals surface area (Å²) in [5, 5.41) is 10.0. The molecule has 1 saturated heterocycles. The van der Waals surface area contributed by atoms with Crippen molar-refractivity contribution in [3.63, 3.8) is 0 Å². The molecule has 20 heavy (non-hydrogen) atoms. The standard InChI is InChI=1S/C13H14N6S/c14-9-10-12(15)17-20-13(10)19-7-5-18(6-8-19)11-3-1-2-4-16-11/h1-4H,5-8H2,(H2,15,17). The zero-order valence-electron chi connectivity index (χ0n) is 10.9. The quantitative estimate of drug-likeness (QED) is 0.896. The summed E-state index contributed by atoms with van der Waals surface area (Å²) in [7, 11) is 0. The fraction of sp³-hybridized carbons (Fsp3) is 0.308. The second-order valence-electron chi connectivity index (χ2n) is 4.52. The van der Waals surface area contributed by atoms with E-state index in [-0.39, 0.29) is 0 Å². The third kappa shape index (κ3) is 2.26. The second kappa shape index (κ2) is 5.35. The molecule has 7 heteroatoms. The van der Waals surface area contributed by atoms with Gasteiger partial charge in [-0.05, 0) is 23.7 Å². The van der Waals surface area contributed by atoms with Gasteiger partial charge in [0.05, 0.1) is 0 Å². The molecule has 0 saturated carbocycles. The molecule has 0 amide bonds. The Balaban J connectivity index is 1.71. The number of nitrogen functional groups attached to an aromatic ring is 1. The average molecular weight is 286 g/mol. The number of pyridine rings is 1. The summed E-state index contributed by atoms with van der Waals surface area (Å²) in [6.07, 6.45) is 1.80. The van der Waals surface area contributed by atoms with Gasteiger partial charge < -0.3 is 15.5 Å². The lowest BCUT2D eigenvalue weighted by atomic mass is 10.2. The first-order chi connectivity index (χ1) is 9.79. The van der Waals surface area contributed by atoms with E-state index in [1.54, 1.807) is 6.20 Å². The van der Waals surface area contributed by atoms with E-state index in [0.717, 1.165) is 37.0 Å². The van der Waals surface area contributed by atoms with Crippen LogP contribution in [0.15, 0.2) is 24.4 Å². The Hall–Kier alpha value is -2.33. The molecule has 0 spiro atoms. The number of nitriles is 1. The molecule has 0 aromatic carbocycles. The minimum absolute atomic E-state index is 0.333.